The van der Waals surface area contributed by atoms with Gasteiger partial charge in [-0.1, -0.05) is 20.8 Å². The SMILES string of the molecule is CC(CC1(C)CCCN(S(=O)(=O)C(F)F)C1)C1C[C@H](C)CN(S(=O)(=O)C(F)F)C1. The lowest BCUT2D eigenvalue weighted by Gasteiger charge is -2.44. The first-order chi connectivity index (χ1) is 13.2. The highest BCUT2D eigenvalue weighted by atomic mass is 32.2. The van der Waals surface area contributed by atoms with Crippen LogP contribution in [-0.2, 0) is 20.0 Å². The highest BCUT2D eigenvalue weighted by molar-refractivity contribution is 7.89. The lowest BCUT2D eigenvalue weighted by molar-refractivity contribution is 0.0842. The van der Waals surface area contributed by atoms with Crippen LogP contribution in [0.5, 0.6) is 0 Å². The monoisotopic (exact) mass is 466 g/mol. The minimum Gasteiger partial charge on any atom is -0.206 e. The Balaban J connectivity index is 2.10. The number of sulfonamides is 2. The fraction of sp³-hybridized carbons (Fsp3) is 1.00. The lowest BCUT2D eigenvalue weighted by Crippen LogP contribution is -2.49. The van der Waals surface area contributed by atoms with Gasteiger partial charge in [-0.05, 0) is 48.9 Å². The molecule has 12 heteroatoms. The van der Waals surface area contributed by atoms with Crippen LogP contribution < -0.4 is 0 Å². The number of hydrogen-bond donors (Lipinski definition) is 0. The van der Waals surface area contributed by atoms with Crippen LogP contribution in [0.2, 0.25) is 0 Å². The van der Waals surface area contributed by atoms with E-state index in [9.17, 15) is 34.4 Å². The third-order valence-electron chi connectivity index (χ3n) is 6.19. The fourth-order valence-electron chi connectivity index (χ4n) is 4.79. The van der Waals surface area contributed by atoms with Gasteiger partial charge < -0.3 is 0 Å². The predicted octanol–water partition coefficient (Wildman–Crippen LogP) is 3.18. The molecule has 0 spiro atoms. The van der Waals surface area contributed by atoms with Crippen molar-refractivity contribution in [3.05, 3.63) is 0 Å². The van der Waals surface area contributed by atoms with E-state index < -0.39 is 37.0 Å². The Morgan fingerprint density at radius 2 is 1.55 bits per heavy atom. The lowest BCUT2D eigenvalue weighted by atomic mass is 9.71. The quantitative estimate of drug-likeness (QED) is 0.540. The average molecular weight is 467 g/mol. The topological polar surface area (TPSA) is 74.8 Å². The molecule has 2 saturated heterocycles. The van der Waals surface area contributed by atoms with Crippen LogP contribution in [0.25, 0.3) is 0 Å². The van der Waals surface area contributed by atoms with E-state index >= 15 is 0 Å². The molecule has 4 atom stereocenters. The van der Waals surface area contributed by atoms with Gasteiger partial charge in [0.2, 0.25) is 0 Å². The van der Waals surface area contributed by atoms with Crippen LogP contribution in [-0.4, -0.2) is 63.1 Å². The third-order valence-corrected chi connectivity index (χ3v) is 9.14. The van der Waals surface area contributed by atoms with Crippen molar-refractivity contribution in [3.63, 3.8) is 0 Å². The van der Waals surface area contributed by atoms with Gasteiger partial charge in [0.1, 0.15) is 0 Å². The maximum Gasteiger partial charge on any atom is 0.350 e. The van der Waals surface area contributed by atoms with E-state index in [1.165, 1.54) is 0 Å². The molecule has 2 rings (SSSR count). The van der Waals surface area contributed by atoms with E-state index in [0.29, 0.717) is 25.7 Å². The highest BCUT2D eigenvalue weighted by Gasteiger charge is 2.43. The van der Waals surface area contributed by atoms with Crippen LogP contribution in [0.4, 0.5) is 17.6 Å². The Hall–Kier alpha value is -0.460. The number of piperidine rings is 2. The summed E-state index contributed by atoms with van der Waals surface area (Å²) in [6, 6.07) is 0. The molecule has 6 nitrogen and oxygen atoms in total. The second-order valence-electron chi connectivity index (χ2n) is 8.96. The maximum absolute atomic E-state index is 13.0. The molecule has 0 aromatic carbocycles. The second-order valence-corrected chi connectivity index (χ2v) is 12.8. The van der Waals surface area contributed by atoms with Crippen molar-refractivity contribution in [1.82, 2.24) is 8.61 Å². The first-order valence-electron chi connectivity index (χ1n) is 9.73. The number of hydrogen-bond acceptors (Lipinski definition) is 4. The van der Waals surface area contributed by atoms with E-state index in [0.717, 1.165) is 8.61 Å². The second kappa shape index (κ2) is 8.96. The van der Waals surface area contributed by atoms with Crippen LogP contribution in [0, 0.1) is 23.2 Å². The molecule has 0 amide bonds. The van der Waals surface area contributed by atoms with Crippen LogP contribution in [0.3, 0.4) is 0 Å². The normalized spacial score (nSPS) is 32.0. The molecule has 29 heavy (non-hydrogen) atoms. The molecule has 0 aliphatic carbocycles. The third kappa shape index (κ3) is 5.62. The van der Waals surface area contributed by atoms with Crippen molar-refractivity contribution in [3.8, 4) is 0 Å². The molecule has 0 saturated carbocycles. The summed E-state index contributed by atoms with van der Waals surface area (Å²) in [6.07, 6.45) is 2.30. The van der Waals surface area contributed by atoms with Crippen molar-refractivity contribution in [1.29, 1.82) is 0 Å². The molecule has 2 heterocycles. The van der Waals surface area contributed by atoms with Crippen LogP contribution >= 0.6 is 0 Å². The number of halogens is 4. The molecule has 0 aromatic heterocycles. The Kier molecular flexibility index (Phi) is 7.66. The van der Waals surface area contributed by atoms with Crippen LogP contribution in [0.1, 0.15) is 46.5 Å². The highest BCUT2D eigenvalue weighted by Crippen LogP contribution is 2.41. The average Bonchev–Trinajstić information content (AvgIpc) is 2.60. The van der Waals surface area contributed by atoms with Crippen molar-refractivity contribution in [2.75, 3.05) is 26.2 Å². The van der Waals surface area contributed by atoms with Gasteiger partial charge in [0.25, 0.3) is 20.0 Å². The molecule has 2 fully saturated rings. The summed E-state index contributed by atoms with van der Waals surface area (Å²) in [5.41, 5.74) is -0.535. The summed E-state index contributed by atoms with van der Waals surface area (Å²) in [4.78, 5) is 0. The molecule has 2 aliphatic heterocycles. The minimum atomic E-state index is -4.66. The molecular formula is C17H30F4N2O4S2. The van der Waals surface area contributed by atoms with Gasteiger partial charge in [0, 0.05) is 26.2 Å². The Labute approximate surface area is 170 Å². The summed E-state index contributed by atoms with van der Waals surface area (Å²) in [5, 5.41) is 0. The molecule has 172 valence electrons. The largest absolute Gasteiger partial charge is 0.350 e. The van der Waals surface area contributed by atoms with Gasteiger partial charge in [0.05, 0.1) is 0 Å². The van der Waals surface area contributed by atoms with E-state index in [1.807, 2.05) is 20.8 Å². The minimum absolute atomic E-state index is 0.00664. The van der Waals surface area contributed by atoms with Gasteiger partial charge in [-0.15, -0.1) is 0 Å². The van der Waals surface area contributed by atoms with E-state index in [2.05, 4.69) is 0 Å². The zero-order valence-corrected chi connectivity index (χ0v) is 18.5. The van der Waals surface area contributed by atoms with Gasteiger partial charge >= 0.3 is 11.5 Å². The van der Waals surface area contributed by atoms with E-state index in [-0.39, 0.29) is 43.9 Å². The predicted molar refractivity (Wildman–Crippen MR) is 101 cm³/mol. The van der Waals surface area contributed by atoms with Crippen molar-refractivity contribution >= 4 is 20.0 Å². The van der Waals surface area contributed by atoms with Gasteiger partial charge in [-0.2, -0.15) is 26.2 Å². The molecule has 2 aliphatic rings. The van der Waals surface area contributed by atoms with E-state index in [1.54, 1.807) is 0 Å². The molecule has 3 unspecified atom stereocenters. The van der Waals surface area contributed by atoms with Crippen molar-refractivity contribution < 1.29 is 34.4 Å². The fourth-order valence-corrected chi connectivity index (χ4v) is 6.98. The molecular weight excluding hydrogens is 436 g/mol. The number of alkyl halides is 4. The summed E-state index contributed by atoms with van der Waals surface area (Å²) >= 11 is 0. The Morgan fingerprint density at radius 3 is 2.10 bits per heavy atom. The van der Waals surface area contributed by atoms with E-state index in [4.69, 9.17) is 0 Å². The molecule has 0 bridgehead atoms. The smallest absolute Gasteiger partial charge is 0.206 e. The van der Waals surface area contributed by atoms with Crippen molar-refractivity contribution in [2.24, 2.45) is 23.2 Å². The first kappa shape index (κ1) is 24.8. The molecule has 0 radical (unpaired) electrons. The van der Waals surface area contributed by atoms with Gasteiger partial charge in [0.15, 0.2) is 0 Å². The summed E-state index contributed by atoms with van der Waals surface area (Å²) in [5.74, 6) is -7.25. The van der Waals surface area contributed by atoms with Gasteiger partial charge in [-0.3, -0.25) is 0 Å². The van der Waals surface area contributed by atoms with Gasteiger partial charge in [-0.25, -0.2) is 16.8 Å². The number of rotatable bonds is 7. The Morgan fingerprint density at radius 1 is 1.00 bits per heavy atom. The standard InChI is InChI=1S/C17H30F4N2O4S2/c1-12-7-14(10-23(9-12)29(26,27)16(20)21)13(2)8-17(3)5-4-6-22(11-17)28(24,25)15(18)19/h12-16H,4-11H2,1-3H3/t12-,13?,14?,17?/m0/s1. The zero-order chi connectivity index (χ0) is 22.2. The summed E-state index contributed by atoms with van der Waals surface area (Å²) in [7, 11) is -9.31. The zero-order valence-electron chi connectivity index (χ0n) is 16.9. The first-order valence-corrected chi connectivity index (χ1v) is 12.7. The molecule has 0 N–H and O–H groups in total. The number of nitrogens with zero attached hydrogens (tertiary/aromatic N) is 2. The Bertz CT molecular complexity index is 778. The summed E-state index contributed by atoms with van der Waals surface area (Å²) < 4.78 is 101. The maximum atomic E-state index is 13.0. The molecule has 0 aromatic rings. The summed E-state index contributed by atoms with van der Waals surface area (Å²) in [6.45, 7) is 5.62. The van der Waals surface area contributed by atoms with Crippen molar-refractivity contribution in [2.45, 2.75) is 58.0 Å². The van der Waals surface area contributed by atoms with Crippen LogP contribution in [0.15, 0.2) is 0 Å².